The average molecular weight is 410 g/mol. The van der Waals surface area contributed by atoms with Gasteiger partial charge in [0.1, 0.15) is 5.75 Å². The third kappa shape index (κ3) is 2.98. The molecule has 2 aromatic carbocycles. The molecule has 0 saturated heterocycles. The minimum Gasteiger partial charge on any atom is -0.491 e. The van der Waals surface area contributed by atoms with E-state index in [1.807, 2.05) is 42.7 Å². The van der Waals surface area contributed by atoms with Gasteiger partial charge in [0.25, 0.3) is 0 Å². The normalized spacial score (nSPS) is 11.2. The molecule has 0 aliphatic carbocycles. The van der Waals surface area contributed by atoms with E-state index in [1.165, 1.54) is 3.57 Å². The van der Waals surface area contributed by atoms with Crippen molar-refractivity contribution in [3.63, 3.8) is 0 Å². The van der Waals surface area contributed by atoms with Crippen LogP contribution in [0.4, 0.5) is 0 Å². The predicted octanol–water partition coefficient (Wildman–Crippen LogP) is 5.08. The van der Waals surface area contributed by atoms with Crippen LogP contribution in [0.15, 0.2) is 42.5 Å². The Morgan fingerprint density at radius 1 is 1.14 bits per heavy atom. The number of ether oxygens (including phenoxy) is 1. The number of imidazole rings is 1. The van der Waals surface area contributed by atoms with E-state index in [4.69, 9.17) is 17.0 Å². The minimum absolute atomic E-state index is 0.174. The van der Waals surface area contributed by atoms with Gasteiger partial charge >= 0.3 is 0 Å². The second kappa shape index (κ2) is 5.81. The zero-order chi connectivity index (χ0) is 15.0. The van der Waals surface area contributed by atoms with Crippen molar-refractivity contribution in [2.24, 2.45) is 0 Å². The Morgan fingerprint density at radius 2 is 1.86 bits per heavy atom. The van der Waals surface area contributed by atoms with Crippen LogP contribution >= 0.6 is 34.8 Å². The van der Waals surface area contributed by atoms with E-state index in [9.17, 15) is 0 Å². The van der Waals surface area contributed by atoms with Gasteiger partial charge in [0.2, 0.25) is 0 Å². The highest BCUT2D eigenvalue weighted by Crippen LogP contribution is 2.23. The summed E-state index contributed by atoms with van der Waals surface area (Å²) in [6, 6.07) is 14.3. The van der Waals surface area contributed by atoms with E-state index in [1.54, 1.807) is 0 Å². The number of nitrogens with one attached hydrogen (secondary N) is 1. The van der Waals surface area contributed by atoms with Crippen LogP contribution in [0.2, 0.25) is 0 Å². The van der Waals surface area contributed by atoms with Crippen molar-refractivity contribution < 1.29 is 4.74 Å². The van der Waals surface area contributed by atoms with Gasteiger partial charge in [-0.15, -0.1) is 0 Å². The maximum atomic E-state index is 5.68. The molecule has 0 fully saturated rings. The van der Waals surface area contributed by atoms with Crippen LogP contribution in [-0.2, 0) is 0 Å². The summed E-state index contributed by atoms with van der Waals surface area (Å²) in [4.78, 5) is 3.25. The van der Waals surface area contributed by atoms with Crippen LogP contribution in [0.25, 0.3) is 16.7 Å². The molecule has 0 bridgehead atoms. The quantitative estimate of drug-likeness (QED) is 0.482. The summed E-state index contributed by atoms with van der Waals surface area (Å²) in [5.74, 6) is 0.870. The maximum absolute atomic E-state index is 5.68. The molecular formula is C16H15IN2OS. The van der Waals surface area contributed by atoms with Gasteiger partial charge in [-0.3, -0.25) is 4.57 Å². The van der Waals surface area contributed by atoms with Crippen LogP contribution in [0.1, 0.15) is 13.8 Å². The largest absolute Gasteiger partial charge is 0.491 e. The molecule has 21 heavy (non-hydrogen) atoms. The number of fused-ring (bicyclic) bond motifs is 1. The summed E-state index contributed by atoms with van der Waals surface area (Å²) in [5.41, 5.74) is 3.16. The molecule has 3 nitrogen and oxygen atoms in total. The predicted molar refractivity (Wildman–Crippen MR) is 96.9 cm³/mol. The van der Waals surface area contributed by atoms with E-state index in [2.05, 4.69) is 45.8 Å². The number of benzene rings is 2. The molecule has 5 heteroatoms. The van der Waals surface area contributed by atoms with E-state index < -0.39 is 0 Å². The highest BCUT2D eigenvalue weighted by Gasteiger charge is 2.07. The summed E-state index contributed by atoms with van der Waals surface area (Å²) < 4.78 is 9.60. The van der Waals surface area contributed by atoms with Gasteiger partial charge in [-0.25, -0.2) is 0 Å². The van der Waals surface area contributed by atoms with Gasteiger partial charge in [-0.05, 0) is 91.1 Å². The van der Waals surface area contributed by atoms with Gasteiger partial charge < -0.3 is 9.72 Å². The Bertz CT molecular complexity index is 834. The molecule has 0 atom stereocenters. The minimum atomic E-state index is 0.174. The first-order valence-corrected chi connectivity index (χ1v) is 8.20. The van der Waals surface area contributed by atoms with Crippen molar-refractivity contribution in [1.29, 1.82) is 0 Å². The summed E-state index contributed by atoms with van der Waals surface area (Å²) >= 11 is 7.75. The third-order valence-electron chi connectivity index (χ3n) is 3.11. The van der Waals surface area contributed by atoms with E-state index in [0.717, 1.165) is 22.5 Å². The first-order valence-electron chi connectivity index (χ1n) is 6.72. The molecule has 1 aromatic heterocycles. The summed E-state index contributed by atoms with van der Waals surface area (Å²) in [6.07, 6.45) is 0.174. The first kappa shape index (κ1) is 14.6. The van der Waals surface area contributed by atoms with Crippen LogP contribution < -0.4 is 4.74 Å². The van der Waals surface area contributed by atoms with Crippen molar-refractivity contribution >= 4 is 45.8 Å². The topological polar surface area (TPSA) is 29.9 Å². The highest BCUT2D eigenvalue weighted by atomic mass is 127. The summed E-state index contributed by atoms with van der Waals surface area (Å²) in [7, 11) is 0. The second-order valence-corrected chi connectivity index (χ2v) is 6.72. The molecule has 3 rings (SSSR count). The number of halogens is 1. The van der Waals surface area contributed by atoms with Gasteiger partial charge in [-0.2, -0.15) is 0 Å². The fraction of sp³-hybridized carbons (Fsp3) is 0.188. The van der Waals surface area contributed by atoms with Gasteiger partial charge in [-0.1, -0.05) is 0 Å². The molecule has 0 saturated carbocycles. The second-order valence-electron chi connectivity index (χ2n) is 5.09. The molecule has 1 heterocycles. The molecule has 0 amide bonds. The summed E-state index contributed by atoms with van der Waals surface area (Å²) in [6.45, 7) is 4.04. The lowest BCUT2D eigenvalue weighted by Gasteiger charge is -2.10. The Kier molecular flexibility index (Phi) is 4.03. The Morgan fingerprint density at radius 3 is 2.52 bits per heavy atom. The number of aromatic amines is 1. The number of rotatable bonds is 3. The van der Waals surface area contributed by atoms with Crippen LogP contribution in [-0.4, -0.2) is 15.7 Å². The van der Waals surface area contributed by atoms with E-state index >= 15 is 0 Å². The number of hydrogen-bond acceptors (Lipinski definition) is 2. The molecule has 0 spiro atoms. The molecule has 0 aliphatic heterocycles. The molecule has 0 radical (unpaired) electrons. The van der Waals surface area contributed by atoms with Gasteiger partial charge in [0.05, 0.1) is 17.1 Å². The van der Waals surface area contributed by atoms with Crippen LogP contribution in [0, 0.1) is 8.34 Å². The SMILES string of the molecule is CC(C)Oc1ccc(-n2c(=S)[nH]c3cc(I)ccc32)cc1. The van der Waals surface area contributed by atoms with Crippen LogP contribution in [0.5, 0.6) is 5.75 Å². The Labute approximate surface area is 142 Å². The fourth-order valence-electron chi connectivity index (χ4n) is 2.29. The smallest absolute Gasteiger partial charge is 0.182 e. The number of nitrogens with zero attached hydrogens (tertiary/aromatic N) is 1. The number of aromatic nitrogens is 2. The van der Waals surface area contributed by atoms with Gasteiger partial charge in [0, 0.05) is 9.26 Å². The zero-order valence-electron chi connectivity index (χ0n) is 11.8. The van der Waals surface area contributed by atoms with Gasteiger partial charge in [0.15, 0.2) is 4.77 Å². The third-order valence-corrected chi connectivity index (χ3v) is 4.07. The lowest BCUT2D eigenvalue weighted by atomic mass is 10.2. The monoisotopic (exact) mass is 410 g/mol. The van der Waals surface area contributed by atoms with Crippen molar-refractivity contribution in [3.8, 4) is 11.4 Å². The maximum Gasteiger partial charge on any atom is 0.182 e. The Balaban J connectivity index is 2.08. The molecule has 0 aliphatic rings. The van der Waals surface area contributed by atoms with Crippen molar-refractivity contribution in [2.75, 3.05) is 0 Å². The fourth-order valence-corrected chi connectivity index (χ4v) is 3.09. The van der Waals surface area contributed by atoms with Crippen molar-refractivity contribution in [3.05, 3.63) is 50.8 Å². The van der Waals surface area contributed by atoms with Crippen molar-refractivity contribution in [1.82, 2.24) is 9.55 Å². The lowest BCUT2D eigenvalue weighted by Crippen LogP contribution is -2.05. The molecule has 108 valence electrons. The molecular weight excluding hydrogens is 395 g/mol. The highest BCUT2D eigenvalue weighted by molar-refractivity contribution is 14.1. The van der Waals surface area contributed by atoms with Crippen LogP contribution in [0.3, 0.4) is 0 Å². The average Bonchev–Trinajstić information content (AvgIpc) is 2.74. The van der Waals surface area contributed by atoms with Crippen molar-refractivity contribution in [2.45, 2.75) is 20.0 Å². The molecule has 0 unspecified atom stereocenters. The molecule has 1 N–H and O–H groups in total. The molecule has 3 aromatic rings. The number of H-pyrrole nitrogens is 1. The first-order chi connectivity index (χ1) is 10.0. The van der Waals surface area contributed by atoms with E-state index in [-0.39, 0.29) is 6.10 Å². The Hall–Kier alpha value is -1.34. The number of hydrogen-bond donors (Lipinski definition) is 1. The summed E-state index contributed by atoms with van der Waals surface area (Å²) in [5, 5.41) is 0. The standard InChI is InChI=1S/C16H15IN2OS/c1-10(2)20-13-6-4-12(5-7-13)19-15-8-3-11(17)9-14(15)18-16(19)21/h3-10H,1-2H3,(H,18,21). The lowest BCUT2D eigenvalue weighted by molar-refractivity contribution is 0.242. The van der Waals surface area contributed by atoms with E-state index in [0.29, 0.717) is 4.77 Å². The zero-order valence-corrected chi connectivity index (χ0v) is 14.7.